The van der Waals surface area contributed by atoms with Crippen molar-refractivity contribution in [2.45, 2.75) is 63.7 Å². The maximum absolute atomic E-state index is 13.7. The van der Waals surface area contributed by atoms with Gasteiger partial charge in [-0.2, -0.15) is 0 Å². The van der Waals surface area contributed by atoms with Crippen LogP contribution in [0.1, 0.15) is 56.8 Å². The second-order valence-corrected chi connectivity index (χ2v) is 17.2. The molecule has 1 aliphatic carbocycles. The summed E-state index contributed by atoms with van der Waals surface area (Å²) >= 11 is 0. The van der Waals surface area contributed by atoms with Gasteiger partial charge >= 0.3 is 17.9 Å². The molecule has 0 saturated carbocycles. The Kier molecular flexibility index (Phi) is 11.8. The molecule has 3 atom stereocenters. The molecule has 0 aliphatic heterocycles. The molecule has 0 bridgehead atoms. The molecule has 0 fully saturated rings. The highest BCUT2D eigenvalue weighted by atomic mass is 28.4. The van der Waals surface area contributed by atoms with Gasteiger partial charge in [-0.3, -0.25) is 9.59 Å². The fourth-order valence-corrected chi connectivity index (χ4v) is 11.5. The highest BCUT2D eigenvalue weighted by Gasteiger charge is 2.56. The number of allylic oxidation sites excluding steroid dienone is 2. The molecule has 0 unspecified atom stereocenters. The minimum absolute atomic E-state index is 0.130. The van der Waals surface area contributed by atoms with E-state index in [0.717, 1.165) is 10.4 Å². The van der Waals surface area contributed by atoms with Crippen molar-refractivity contribution in [1.29, 1.82) is 0 Å². The van der Waals surface area contributed by atoms with E-state index in [1.54, 1.807) is 42.5 Å². The van der Waals surface area contributed by atoms with Crippen molar-refractivity contribution < 1.29 is 33.0 Å². The standard InChI is InChI=1S/C39H46O7Si/c1-7-8-26-39(36(41)43-5,37(42)44-6)30-24-25-31(45-35(40)29-18-12-9-13-19-29)28-32(27-30)46-47(38(2,3)4,33-20-14-10-15-21-33)34-22-16-11-17-23-34/h7,9-25,30-32H,1,8,26-28H2,2-6H3/t30-,31+,32-/m1/s1. The lowest BCUT2D eigenvalue weighted by Gasteiger charge is -2.46. The van der Waals surface area contributed by atoms with Crippen molar-refractivity contribution in [3.8, 4) is 0 Å². The van der Waals surface area contributed by atoms with E-state index < -0.39 is 49.8 Å². The lowest BCUT2D eigenvalue weighted by Crippen LogP contribution is -2.68. The molecule has 47 heavy (non-hydrogen) atoms. The van der Waals surface area contributed by atoms with E-state index in [1.807, 2.05) is 42.5 Å². The normalized spacial score (nSPS) is 18.4. The zero-order valence-electron chi connectivity index (χ0n) is 28.0. The summed E-state index contributed by atoms with van der Waals surface area (Å²) in [6.45, 7) is 10.4. The van der Waals surface area contributed by atoms with Crippen LogP contribution in [0.3, 0.4) is 0 Å². The van der Waals surface area contributed by atoms with Gasteiger partial charge in [0.05, 0.1) is 25.9 Å². The molecule has 0 heterocycles. The van der Waals surface area contributed by atoms with Crippen LogP contribution < -0.4 is 10.4 Å². The van der Waals surface area contributed by atoms with Gasteiger partial charge in [0.2, 0.25) is 0 Å². The topological polar surface area (TPSA) is 88.1 Å². The molecule has 248 valence electrons. The summed E-state index contributed by atoms with van der Waals surface area (Å²) in [6, 6.07) is 29.3. The second-order valence-electron chi connectivity index (χ2n) is 13.0. The Morgan fingerprint density at radius 3 is 1.77 bits per heavy atom. The van der Waals surface area contributed by atoms with Crippen LogP contribution in [0.5, 0.6) is 0 Å². The zero-order chi connectivity index (χ0) is 34.1. The number of methoxy groups -OCH3 is 2. The molecule has 8 heteroatoms. The Morgan fingerprint density at radius 1 is 0.787 bits per heavy atom. The molecule has 1 aliphatic rings. The van der Waals surface area contributed by atoms with Gasteiger partial charge in [-0.25, -0.2) is 4.79 Å². The average molecular weight is 655 g/mol. The van der Waals surface area contributed by atoms with E-state index in [2.05, 4.69) is 51.6 Å². The van der Waals surface area contributed by atoms with Crippen LogP contribution in [-0.2, 0) is 28.2 Å². The molecule has 7 nitrogen and oxygen atoms in total. The van der Waals surface area contributed by atoms with Gasteiger partial charge in [0.1, 0.15) is 6.10 Å². The Bertz CT molecular complexity index is 1470. The first-order chi connectivity index (χ1) is 22.5. The molecule has 3 aromatic rings. The quantitative estimate of drug-likeness (QED) is 0.0732. The maximum atomic E-state index is 13.7. The van der Waals surface area contributed by atoms with Crippen molar-refractivity contribution in [3.05, 3.63) is 121 Å². The molecule has 0 spiro atoms. The number of carbonyl (C=O) groups excluding carboxylic acids is 3. The molecule has 0 aromatic heterocycles. The van der Waals surface area contributed by atoms with Gasteiger partial charge in [0.15, 0.2) is 5.41 Å². The van der Waals surface area contributed by atoms with Gasteiger partial charge in [0.25, 0.3) is 8.32 Å². The Morgan fingerprint density at radius 2 is 1.30 bits per heavy atom. The lowest BCUT2D eigenvalue weighted by atomic mass is 9.69. The summed E-state index contributed by atoms with van der Waals surface area (Å²) in [5.41, 5.74) is -1.24. The predicted molar refractivity (Wildman–Crippen MR) is 186 cm³/mol. The second kappa shape index (κ2) is 15.5. The van der Waals surface area contributed by atoms with Crippen molar-refractivity contribution in [1.82, 2.24) is 0 Å². The molecule has 4 rings (SSSR count). The summed E-state index contributed by atoms with van der Waals surface area (Å²) in [6.07, 6.45) is 5.12. The largest absolute Gasteiger partial charge is 0.468 e. The van der Waals surface area contributed by atoms with Crippen molar-refractivity contribution in [2.24, 2.45) is 11.3 Å². The van der Waals surface area contributed by atoms with Gasteiger partial charge in [-0.15, -0.1) is 6.58 Å². The Labute approximate surface area is 279 Å². The summed E-state index contributed by atoms with van der Waals surface area (Å²) in [7, 11) is -0.549. The summed E-state index contributed by atoms with van der Waals surface area (Å²) in [5.74, 6) is -2.54. The smallest absolute Gasteiger partial charge is 0.338 e. The van der Waals surface area contributed by atoms with E-state index >= 15 is 0 Å². The predicted octanol–water partition coefficient (Wildman–Crippen LogP) is 6.42. The third-order valence-corrected chi connectivity index (χ3v) is 14.2. The van der Waals surface area contributed by atoms with E-state index in [0.29, 0.717) is 18.4 Å². The molecule has 0 amide bonds. The molecule has 3 aromatic carbocycles. The monoisotopic (exact) mass is 654 g/mol. The number of hydrogen-bond donors (Lipinski definition) is 0. The number of hydrogen-bond acceptors (Lipinski definition) is 7. The molecule has 0 radical (unpaired) electrons. The van der Waals surface area contributed by atoms with Crippen molar-refractivity contribution in [2.75, 3.05) is 14.2 Å². The molecule has 0 N–H and O–H groups in total. The van der Waals surface area contributed by atoms with Crippen molar-refractivity contribution in [3.63, 3.8) is 0 Å². The fraction of sp³-hybridized carbons (Fsp3) is 0.359. The van der Waals surface area contributed by atoms with Gasteiger partial charge in [-0.1, -0.05) is 112 Å². The number of rotatable bonds is 12. The maximum Gasteiger partial charge on any atom is 0.338 e. The van der Waals surface area contributed by atoms with Gasteiger partial charge < -0.3 is 18.6 Å². The lowest BCUT2D eigenvalue weighted by molar-refractivity contribution is -0.173. The fourth-order valence-electron chi connectivity index (χ4n) is 6.79. The number of esters is 3. The average Bonchev–Trinajstić information content (AvgIpc) is 3.29. The minimum atomic E-state index is -3.09. The van der Waals surface area contributed by atoms with Gasteiger partial charge in [0, 0.05) is 12.3 Å². The number of ether oxygens (including phenoxy) is 3. The van der Waals surface area contributed by atoms with Crippen LogP contribution in [0.15, 0.2) is 116 Å². The molecular formula is C39H46O7Si. The SMILES string of the molecule is C=CCCC(C(=O)OC)(C(=O)OC)[C@@H]1C=C[C@H](OC(=O)c2ccccc2)C[C@H](O[Si](c2ccccc2)(c2ccccc2)C(C)(C)C)C1. The van der Waals surface area contributed by atoms with E-state index in [9.17, 15) is 14.4 Å². The first kappa shape index (κ1) is 35.6. The third kappa shape index (κ3) is 7.50. The zero-order valence-corrected chi connectivity index (χ0v) is 29.0. The first-order valence-corrected chi connectivity index (χ1v) is 17.9. The summed E-state index contributed by atoms with van der Waals surface area (Å²) in [4.78, 5) is 40.7. The highest BCUT2D eigenvalue weighted by molar-refractivity contribution is 6.99. The van der Waals surface area contributed by atoms with E-state index in [1.165, 1.54) is 14.2 Å². The molecular weight excluding hydrogens is 609 g/mol. The van der Waals surface area contributed by atoms with Crippen LogP contribution in [0, 0.1) is 11.3 Å². The van der Waals surface area contributed by atoms with Crippen LogP contribution in [0.25, 0.3) is 0 Å². The Hall–Kier alpha value is -4.27. The molecule has 0 saturated heterocycles. The number of carbonyl (C=O) groups is 3. The van der Waals surface area contributed by atoms with Crippen molar-refractivity contribution >= 4 is 36.6 Å². The highest BCUT2D eigenvalue weighted by Crippen LogP contribution is 2.45. The van der Waals surface area contributed by atoms with Gasteiger partial charge in [-0.05, 0) is 52.9 Å². The van der Waals surface area contributed by atoms with Crippen LogP contribution in [0.2, 0.25) is 5.04 Å². The summed E-state index contributed by atoms with van der Waals surface area (Å²) in [5, 5.41) is 1.83. The van der Waals surface area contributed by atoms with Crippen LogP contribution >= 0.6 is 0 Å². The Balaban J connectivity index is 1.89. The number of benzene rings is 3. The van der Waals surface area contributed by atoms with Crippen LogP contribution in [0.4, 0.5) is 0 Å². The third-order valence-electron chi connectivity index (χ3n) is 9.07. The van der Waals surface area contributed by atoms with Crippen LogP contribution in [-0.4, -0.2) is 52.7 Å². The van der Waals surface area contributed by atoms with E-state index in [4.69, 9.17) is 18.6 Å². The minimum Gasteiger partial charge on any atom is -0.468 e. The summed E-state index contributed by atoms with van der Waals surface area (Å²) < 4.78 is 24.2. The van der Waals surface area contributed by atoms with E-state index in [-0.39, 0.29) is 17.9 Å². The first-order valence-electron chi connectivity index (χ1n) is 16.0.